The zero-order chi connectivity index (χ0) is 14.4. The SMILES string of the molecule is CC(=O)N1CC(=O)C2=C(C1)NC(O)c1cc(F)ccc12. The van der Waals surface area contributed by atoms with E-state index >= 15 is 0 Å². The second kappa shape index (κ2) is 4.42. The molecule has 104 valence electrons. The van der Waals surface area contributed by atoms with E-state index in [-0.39, 0.29) is 24.8 Å². The Morgan fingerprint density at radius 2 is 2.20 bits per heavy atom. The van der Waals surface area contributed by atoms with E-state index in [9.17, 15) is 19.1 Å². The average molecular weight is 276 g/mol. The predicted octanol–water partition coefficient (Wildman–Crippen LogP) is 0.562. The summed E-state index contributed by atoms with van der Waals surface area (Å²) in [6.07, 6.45) is -1.08. The Morgan fingerprint density at radius 1 is 1.45 bits per heavy atom. The van der Waals surface area contributed by atoms with Gasteiger partial charge in [0.05, 0.1) is 13.1 Å². The van der Waals surface area contributed by atoms with Crippen LogP contribution in [0, 0.1) is 5.82 Å². The van der Waals surface area contributed by atoms with Crippen molar-refractivity contribution in [2.45, 2.75) is 13.2 Å². The highest BCUT2D eigenvalue weighted by Crippen LogP contribution is 2.34. The van der Waals surface area contributed by atoms with E-state index in [2.05, 4.69) is 5.32 Å². The molecule has 20 heavy (non-hydrogen) atoms. The standard InChI is InChI=1S/C14H13FN2O3/c1-7(18)17-5-11-13(12(19)6-17)9-3-2-8(15)4-10(9)14(20)16-11/h2-4,14,16,20H,5-6H2,1H3. The fourth-order valence-electron chi connectivity index (χ4n) is 2.63. The lowest BCUT2D eigenvalue weighted by Crippen LogP contribution is -2.45. The van der Waals surface area contributed by atoms with Gasteiger partial charge in [-0.3, -0.25) is 9.59 Å². The number of fused-ring (bicyclic) bond motifs is 2. The molecule has 0 aliphatic carbocycles. The van der Waals surface area contributed by atoms with Crippen molar-refractivity contribution in [2.75, 3.05) is 13.1 Å². The second-order valence-electron chi connectivity index (χ2n) is 4.93. The van der Waals surface area contributed by atoms with Gasteiger partial charge in [0.25, 0.3) is 0 Å². The number of aliphatic hydroxyl groups excluding tert-OH is 1. The molecule has 1 aromatic carbocycles. The van der Waals surface area contributed by atoms with E-state index in [1.807, 2.05) is 0 Å². The third-order valence-electron chi connectivity index (χ3n) is 3.60. The number of carbonyl (C=O) groups excluding carboxylic acids is 2. The minimum absolute atomic E-state index is 0.00274. The first-order chi connectivity index (χ1) is 9.47. The number of carbonyl (C=O) groups is 2. The van der Waals surface area contributed by atoms with E-state index in [0.717, 1.165) is 0 Å². The van der Waals surface area contributed by atoms with E-state index in [1.165, 1.54) is 30.0 Å². The summed E-state index contributed by atoms with van der Waals surface area (Å²) in [6, 6.07) is 3.96. The lowest BCUT2D eigenvalue weighted by atomic mass is 9.88. The molecule has 0 fully saturated rings. The summed E-state index contributed by atoms with van der Waals surface area (Å²) in [4.78, 5) is 25.0. The number of nitrogens with zero attached hydrogens (tertiary/aromatic N) is 1. The first kappa shape index (κ1) is 12.8. The van der Waals surface area contributed by atoms with Crippen LogP contribution in [0.25, 0.3) is 5.57 Å². The van der Waals surface area contributed by atoms with Crippen molar-refractivity contribution in [1.82, 2.24) is 10.2 Å². The quantitative estimate of drug-likeness (QED) is 0.726. The second-order valence-corrected chi connectivity index (χ2v) is 4.93. The third-order valence-corrected chi connectivity index (χ3v) is 3.60. The number of benzene rings is 1. The fraction of sp³-hybridized carbons (Fsp3) is 0.286. The summed E-state index contributed by atoms with van der Waals surface area (Å²) >= 11 is 0. The minimum atomic E-state index is -1.08. The van der Waals surface area contributed by atoms with Crippen molar-refractivity contribution in [1.29, 1.82) is 0 Å². The molecule has 0 radical (unpaired) electrons. The molecule has 1 unspecified atom stereocenters. The number of nitrogens with one attached hydrogen (secondary N) is 1. The molecule has 1 atom stereocenters. The van der Waals surface area contributed by atoms with Crippen LogP contribution in [0.3, 0.4) is 0 Å². The van der Waals surface area contributed by atoms with Crippen molar-refractivity contribution in [3.63, 3.8) is 0 Å². The van der Waals surface area contributed by atoms with Crippen LogP contribution in [0.4, 0.5) is 4.39 Å². The molecular formula is C14H13FN2O3. The van der Waals surface area contributed by atoms with Gasteiger partial charge in [0.1, 0.15) is 5.82 Å². The molecule has 5 nitrogen and oxygen atoms in total. The number of aliphatic hydroxyl groups is 1. The zero-order valence-corrected chi connectivity index (χ0v) is 10.8. The lowest BCUT2D eigenvalue weighted by molar-refractivity contribution is -0.132. The first-order valence-corrected chi connectivity index (χ1v) is 6.23. The van der Waals surface area contributed by atoms with E-state index in [1.54, 1.807) is 0 Å². The molecule has 2 N–H and O–H groups in total. The highest BCUT2D eigenvalue weighted by molar-refractivity contribution is 6.24. The van der Waals surface area contributed by atoms with Crippen LogP contribution < -0.4 is 5.32 Å². The van der Waals surface area contributed by atoms with E-state index < -0.39 is 12.0 Å². The molecule has 6 heteroatoms. The smallest absolute Gasteiger partial charge is 0.220 e. The molecule has 2 aliphatic rings. The van der Waals surface area contributed by atoms with Crippen LogP contribution in [0.2, 0.25) is 0 Å². The summed E-state index contributed by atoms with van der Waals surface area (Å²) in [5.74, 6) is -0.887. The monoisotopic (exact) mass is 276 g/mol. The summed E-state index contributed by atoms with van der Waals surface area (Å²) in [7, 11) is 0. The maximum atomic E-state index is 13.3. The van der Waals surface area contributed by atoms with Gasteiger partial charge in [-0.2, -0.15) is 0 Å². The summed E-state index contributed by atoms with van der Waals surface area (Å²) in [5.41, 5.74) is 1.81. The van der Waals surface area contributed by atoms with Crippen molar-refractivity contribution < 1.29 is 19.1 Å². The Hall–Kier alpha value is -2.21. The largest absolute Gasteiger partial charge is 0.369 e. The molecule has 0 saturated heterocycles. The van der Waals surface area contributed by atoms with E-state index in [4.69, 9.17) is 0 Å². The highest BCUT2D eigenvalue weighted by Gasteiger charge is 2.34. The molecule has 1 amide bonds. The molecular weight excluding hydrogens is 263 g/mol. The lowest BCUT2D eigenvalue weighted by Gasteiger charge is -2.35. The van der Waals surface area contributed by atoms with Gasteiger partial charge in [-0.15, -0.1) is 0 Å². The number of halogens is 1. The Kier molecular flexibility index (Phi) is 2.83. The van der Waals surface area contributed by atoms with Crippen LogP contribution >= 0.6 is 0 Å². The molecule has 2 aliphatic heterocycles. The van der Waals surface area contributed by atoms with Crippen molar-refractivity contribution >= 4 is 17.3 Å². The van der Waals surface area contributed by atoms with Crippen LogP contribution in [0.15, 0.2) is 23.9 Å². The number of rotatable bonds is 0. The van der Waals surface area contributed by atoms with Gasteiger partial charge in [-0.1, -0.05) is 6.07 Å². The molecule has 0 aromatic heterocycles. The molecule has 0 spiro atoms. The number of hydrogen-bond donors (Lipinski definition) is 2. The average Bonchev–Trinajstić information content (AvgIpc) is 2.38. The van der Waals surface area contributed by atoms with Gasteiger partial charge in [0.2, 0.25) is 5.91 Å². The van der Waals surface area contributed by atoms with Gasteiger partial charge in [-0.05, 0) is 17.7 Å². The number of hydrogen-bond acceptors (Lipinski definition) is 4. The van der Waals surface area contributed by atoms with Gasteiger partial charge in [0.15, 0.2) is 12.0 Å². The summed E-state index contributed by atoms with van der Waals surface area (Å²) < 4.78 is 13.3. The molecule has 3 rings (SSSR count). The summed E-state index contributed by atoms with van der Waals surface area (Å²) in [6.45, 7) is 1.63. The normalized spacial score (nSPS) is 21.2. The fourth-order valence-corrected chi connectivity index (χ4v) is 2.63. The van der Waals surface area contributed by atoms with Crippen molar-refractivity contribution in [3.05, 3.63) is 40.8 Å². The van der Waals surface area contributed by atoms with Gasteiger partial charge in [0, 0.05) is 23.8 Å². The van der Waals surface area contributed by atoms with Crippen molar-refractivity contribution in [3.8, 4) is 0 Å². The number of amides is 1. The molecule has 0 bridgehead atoms. The van der Waals surface area contributed by atoms with Crippen LogP contribution in [0.1, 0.15) is 24.3 Å². The Balaban J connectivity index is 2.12. The van der Waals surface area contributed by atoms with Crippen LogP contribution in [-0.4, -0.2) is 34.8 Å². The maximum absolute atomic E-state index is 13.3. The Labute approximate surface area is 114 Å². The molecule has 1 aromatic rings. The number of Topliss-reactive ketones (excluding diaryl/α,β-unsaturated/α-hetero) is 1. The van der Waals surface area contributed by atoms with Gasteiger partial charge in [-0.25, -0.2) is 4.39 Å². The van der Waals surface area contributed by atoms with E-state index in [0.29, 0.717) is 22.4 Å². The van der Waals surface area contributed by atoms with Gasteiger partial charge < -0.3 is 15.3 Å². The Morgan fingerprint density at radius 3 is 2.90 bits per heavy atom. The predicted molar refractivity (Wildman–Crippen MR) is 68.7 cm³/mol. The molecule has 0 saturated carbocycles. The zero-order valence-electron chi connectivity index (χ0n) is 10.8. The van der Waals surface area contributed by atoms with Crippen LogP contribution in [-0.2, 0) is 9.59 Å². The maximum Gasteiger partial charge on any atom is 0.220 e. The third kappa shape index (κ3) is 1.89. The summed E-state index contributed by atoms with van der Waals surface area (Å²) in [5, 5.41) is 12.8. The van der Waals surface area contributed by atoms with Crippen molar-refractivity contribution in [2.24, 2.45) is 0 Å². The minimum Gasteiger partial charge on any atom is -0.369 e. The van der Waals surface area contributed by atoms with Gasteiger partial charge >= 0.3 is 0 Å². The molecule has 2 heterocycles. The first-order valence-electron chi connectivity index (χ1n) is 6.23. The topological polar surface area (TPSA) is 69.6 Å². The number of ketones is 1. The highest BCUT2D eigenvalue weighted by atomic mass is 19.1. The van der Waals surface area contributed by atoms with Crippen LogP contribution in [0.5, 0.6) is 0 Å². The Bertz CT molecular complexity index is 654.